The van der Waals surface area contributed by atoms with Crippen molar-refractivity contribution < 1.29 is 14.6 Å². The Morgan fingerprint density at radius 3 is 2.70 bits per heavy atom. The second-order valence-electron chi connectivity index (χ2n) is 6.12. The van der Waals surface area contributed by atoms with E-state index in [0.717, 1.165) is 5.39 Å². The van der Waals surface area contributed by atoms with Crippen LogP contribution < -0.4 is 10.3 Å². The number of amides is 1. The first kappa shape index (κ1) is 18.6. The molecule has 2 heterocycles. The minimum Gasteiger partial charge on any atom is -0.497 e. The summed E-state index contributed by atoms with van der Waals surface area (Å²) >= 11 is 0. The van der Waals surface area contributed by atoms with Crippen LogP contribution >= 0.6 is 0 Å². The van der Waals surface area contributed by atoms with E-state index in [1.165, 1.54) is 0 Å². The topological polar surface area (TPSA) is 95.5 Å². The lowest BCUT2D eigenvalue weighted by atomic mass is 10.1. The van der Waals surface area contributed by atoms with Crippen molar-refractivity contribution in [2.75, 3.05) is 20.3 Å². The summed E-state index contributed by atoms with van der Waals surface area (Å²) in [5.74, 6) is 0.448. The third kappa shape index (κ3) is 4.32. The van der Waals surface area contributed by atoms with Crippen LogP contribution in [0.5, 0.6) is 5.75 Å². The van der Waals surface area contributed by atoms with Gasteiger partial charge in [-0.05, 0) is 42.1 Å². The fourth-order valence-corrected chi connectivity index (χ4v) is 2.87. The zero-order valence-electron chi connectivity index (χ0n) is 15.0. The predicted octanol–water partition coefficient (Wildman–Crippen LogP) is 1.96. The molecule has 0 fully saturated rings. The quantitative estimate of drug-likeness (QED) is 0.666. The molecule has 0 aliphatic carbocycles. The van der Waals surface area contributed by atoms with Gasteiger partial charge >= 0.3 is 0 Å². The molecule has 0 atom stereocenters. The van der Waals surface area contributed by atoms with Crippen LogP contribution in [0.1, 0.15) is 22.3 Å². The number of methoxy groups -OCH3 is 1. The smallest absolute Gasteiger partial charge is 0.254 e. The van der Waals surface area contributed by atoms with Gasteiger partial charge in [-0.3, -0.25) is 14.6 Å². The Labute approximate surface area is 156 Å². The largest absolute Gasteiger partial charge is 0.497 e. The maximum absolute atomic E-state index is 12.8. The van der Waals surface area contributed by atoms with Crippen LogP contribution in [0.25, 0.3) is 10.9 Å². The predicted molar refractivity (Wildman–Crippen MR) is 102 cm³/mol. The Balaban J connectivity index is 1.92. The second-order valence-corrected chi connectivity index (χ2v) is 6.12. The fourth-order valence-electron chi connectivity index (χ4n) is 2.87. The number of H-pyrrole nitrogens is 1. The number of aromatic amines is 1. The zero-order valence-corrected chi connectivity index (χ0v) is 15.0. The summed E-state index contributed by atoms with van der Waals surface area (Å²) < 4.78 is 5.18. The van der Waals surface area contributed by atoms with Crippen molar-refractivity contribution in [1.82, 2.24) is 14.9 Å². The van der Waals surface area contributed by atoms with Crippen LogP contribution in [-0.2, 0) is 6.54 Å². The number of aliphatic hydroxyl groups is 1. The molecule has 3 rings (SSSR count). The summed E-state index contributed by atoms with van der Waals surface area (Å²) in [6, 6.07) is 10.5. The van der Waals surface area contributed by atoms with E-state index in [2.05, 4.69) is 9.97 Å². The molecule has 3 aromatic rings. The van der Waals surface area contributed by atoms with Crippen LogP contribution in [-0.4, -0.2) is 46.1 Å². The third-order valence-corrected chi connectivity index (χ3v) is 4.29. The monoisotopic (exact) mass is 367 g/mol. The SMILES string of the molecule is COc1ccc2cc(CN(CCCO)C(=O)c3ccncc3)c(=O)[nH]c2c1. The van der Waals surface area contributed by atoms with E-state index < -0.39 is 0 Å². The highest BCUT2D eigenvalue weighted by Crippen LogP contribution is 2.19. The molecule has 0 radical (unpaired) electrons. The molecule has 7 heteroatoms. The van der Waals surface area contributed by atoms with E-state index in [1.54, 1.807) is 48.7 Å². The van der Waals surface area contributed by atoms with Gasteiger partial charge in [0.2, 0.25) is 0 Å². The van der Waals surface area contributed by atoms with Gasteiger partial charge in [-0.2, -0.15) is 0 Å². The molecule has 0 saturated heterocycles. The molecular weight excluding hydrogens is 346 g/mol. The molecule has 2 aromatic heterocycles. The number of pyridine rings is 2. The molecule has 7 nitrogen and oxygen atoms in total. The van der Waals surface area contributed by atoms with Crippen LogP contribution in [0.3, 0.4) is 0 Å². The van der Waals surface area contributed by atoms with Crippen LogP contribution in [0.2, 0.25) is 0 Å². The number of carbonyl (C=O) groups excluding carboxylic acids is 1. The van der Waals surface area contributed by atoms with Crippen molar-refractivity contribution in [2.45, 2.75) is 13.0 Å². The Morgan fingerprint density at radius 2 is 2.00 bits per heavy atom. The first-order valence-corrected chi connectivity index (χ1v) is 8.62. The minimum absolute atomic E-state index is 0.0337. The maximum Gasteiger partial charge on any atom is 0.254 e. The average Bonchev–Trinajstić information content (AvgIpc) is 2.71. The molecule has 140 valence electrons. The highest BCUT2D eigenvalue weighted by Gasteiger charge is 2.17. The lowest BCUT2D eigenvalue weighted by Gasteiger charge is -2.22. The van der Waals surface area contributed by atoms with Crippen LogP contribution in [0.4, 0.5) is 0 Å². The summed E-state index contributed by atoms with van der Waals surface area (Å²) in [5.41, 5.74) is 1.38. The molecule has 0 unspecified atom stereocenters. The van der Waals surface area contributed by atoms with Crippen molar-refractivity contribution in [2.24, 2.45) is 0 Å². The van der Waals surface area contributed by atoms with Gasteiger partial charge in [-0.25, -0.2) is 0 Å². The van der Waals surface area contributed by atoms with E-state index in [9.17, 15) is 9.59 Å². The van der Waals surface area contributed by atoms with Crippen molar-refractivity contribution >= 4 is 16.8 Å². The summed E-state index contributed by atoms with van der Waals surface area (Å²) in [6.45, 7) is 0.463. The van der Waals surface area contributed by atoms with E-state index in [-0.39, 0.29) is 24.6 Å². The number of carbonyl (C=O) groups is 1. The van der Waals surface area contributed by atoms with Crippen molar-refractivity contribution in [1.29, 1.82) is 0 Å². The number of rotatable bonds is 7. The highest BCUT2D eigenvalue weighted by molar-refractivity contribution is 5.94. The number of nitrogens with zero attached hydrogens (tertiary/aromatic N) is 2. The lowest BCUT2D eigenvalue weighted by Crippen LogP contribution is -2.34. The number of aromatic nitrogens is 2. The van der Waals surface area contributed by atoms with E-state index >= 15 is 0 Å². The lowest BCUT2D eigenvalue weighted by molar-refractivity contribution is 0.0731. The Kier molecular flexibility index (Phi) is 5.83. The summed E-state index contributed by atoms with van der Waals surface area (Å²) in [6.07, 6.45) is 3.53. The fraction of sp³-hybridized carbons (Fsp3) is 0.250. The van der Waals surface area contributed by atoms with Gasteiger partial charge in [0, 0.05) is 42.7 Å². The van der Waals surface area contributed by atoms with Gasteiger partial charge in [0.1, 0.15) is 5.75 Å². The zero-order chi connectivity index (χ0) is 19.2. The molecule has 0 aliphatic rings. The third-order valence-electron chi connectivity index (χ3n) is 4.29. The van der Waals surface area contributed by atoms with Crippen molar-refractivity contribution in [3.63, 3.8) is 0 Å². The van der Waals surface area contributed by atoms with Gasteiger partial charge in [0.25, 0.3) is 11.5 Å². The van der Waals surface area contributed by atoms with Gasteiger partial charge in [0.05, 0.1) is 19.2 Å². The first-order valence-electron chi connectivity index (χ1n) is 8.62. The molecule has 1 amide bonds. The Morgan fingerprint density at radius 1 is 1.22 bits per heavy atom. The summed E-state index contributed by atoms with van der Waals surface area (Å²) in [5, 5.41) is 10.0. The van der Waals surface area contributed by atoms with Crippen LogP contribution in [0, 0.1) is 0 Å². The van der Waals surface area contributed by atoms with Crippen LogP contribution in [0.15, 0.2) is 53.6 Å². The van der Waals surface area contributed by atoms with E-state index in [4.69, 9.17) is 9.84 Å². The first-order chi connectivity index (χ1) is 13.1. The van der Waals surface area contributed by atoms with Gasteiger partial charge in [-0.1, -0.05) is 0 Å². The number of hydrogen-bond donors (Lipinski definition) is 2. The number of benzene rings is 1. The molecule has 27 heavy (non-hydrogen) atoms. The molecule has 0 aliphatic heterocycles. The van der Waals surface area contributed by atoms with E-state index in [1.807, 2.05) is 12.1 Å². The Bertz CT molecular complexity index is 985. The highest BCUT2D eigenvalue weighted by atomic mass is 16.5. The number of hydrogen-bond acceptors (Lipinski definition) is 5. The van der Waals surface area contributed by atoms with E-state index in [0.29, 0.717) is 35.4 Å². The molecule has 0 bridgehead atoms. The van der Waals surface area contributed by atoms with Gasteiger partial charge < -0.3 is 19.7 Å². The molecule has 0 saturated carbocycles. The second kappa shape index (κ2) is 8.46. The summed E-state index contributed by atoms with van der Waals surface area (Å²) in [4.78, 5) is 33.6. The van der Waals surface area contributed by atoms with Crippen molar-refractivity contribution in [3.8, 4) is 5.75 Å². The standard InChI is InChI=1S/C20H21N3O4/c1-27-17-4-3-15-11-16(19(25)22-18(15)12-17)13-23(9-2-10-24)20(26)14-5-7-21-8-6-14/h3-8,11-12,24H,2,9-10,13H2,1H3,(H,22,25). The molecule has 2 N–H and O–H groups in total. The molecular formula is C20H21N3O4. The van der Waals surface area contributed by atoms with Gasteiger partial charge in [-0.15, -0.1) is 0 Å². The van der Waals surface area contributed by atoms with Gasteiger partial charge in [0.15, 0.2) is 0 Å². The normalized spacial score (nSPS) is 10.7. The van der Waals surface area contributed by atoms with Crippen molar-refractivity contribution in [3.05, 3.63) is 70.3 Å². The number of nitrogens with one attached hydrogen (secondary N) is 1. The number of fused-ring (bicyclic) bond motifs is 1. The minimum atomic E-state index is -0.257. The molecule has 1 aromatic carbocycles. The maximum atomic E-state index is 12.8. The molecule has 0 spiro atoms. The number of aliphatic hydroxyl groups excluding tert-OH is 1. The Hall–Kier alpha value is -3.19. The summed E-state index contributed by atoms with van der Waals surface area (Å²) in [7, 11) is 1.57. The number of ether oxygens (including phenoxy) is 1. The average molecular weight is 367 g/mol.